The van der Waals surface area contributed by atoms with E-state index < -0.39 is 27.7 Å². The van der Waals surface area contributed by atoms with Crippen LogP contribution < -0.4 is 9.46 Å². The van der Waals surface area contributed by atoms with E-state index in [4.69, 9.17) is 9.47 Å². The van der Waals surface area contributed by atoms with Crippen LogP contribution in [0.2, 0.25) is 0 Å². The Balaban J connectivity index is 1.87. The number of benzene rings is 3. The maximum absolute atomic E-state index is 13.1. The molecule has 3 aromatic rings. The van der Waals surface area contributed by atoms with Crippen molar-refractivity contribution in [1.82, 2.24) is 0 Å². The summed E-state index contributed by atoms with van der Waals surface area (Å²) in [5.74, 6) is -0.508. The van der Waals surface area contributed by atoms with Gasteiger partial charge in [0.05, 0.1) is 23.6 Å². The van der Waals surface area contributed by atoms with E-state index in [0.717, 1.165) is 40.8 Å². The molecule has 3 aromatic carbocycles. The van der Waals surface area contributed by atoms with Gasteiger partial charge in [-0.15, -0.1) is 0 Å². The topological polar surface area (TPSA) is 102 Å². The molecule has 1 unspecified atom stereocenters. The molecular weight excluding hydrogens is 502 g/mol. The SMILES string of the molecule is Cc1cc(NS(=O)(=O)Cc2ccccc2)c(C)c(C(OC(C)(C)C)C(=O)O)c1-c1ccc2c(c1)CCCO2. The number of carboxylic acids is 1. The molecule has 1 aliphatic rings. The van der Waals surface area contributed by atoms with Gasteiger partial charge in [0, 0.05) is 5.56 Å². The third-order valence-electron chi connectivity index (χ3n) is 6.45. The van der Waals surface area contributed by atoms with E-state index >= 15 is 0 Å². The average molecular weight is 538 g/mol. The first-order chi connectivity index (χ1) is 17.8. The summed E-state index contributed by atoms with van der Waals surface area (Å²) in [6.07, 6.45) is 0.470. The monoisotopic (exact) mass is 537 g/mol. The zero-order chi connectivity index (χ0) is 27.7. The third-order valence-corrected chi connectivity index (χ3v) is 7.70. The molecule has 0 bridgehead atoms. The van der Waals surface area contributed by atoms with Crippen LogP contribution in [0.15, 0.2) is 54.6 Å². The van der Waals surface area contributed by atoms with Crippen molar-refractivity contribution in [1.29, 1.82) is 0 Å². The van der Waals surface area contributed by atoms with E-state index in [0.29, 0.717) is 29.0 Å². The molecule has 4 rings (SSSR count). The fourth-order valence-electron chi connectivity index (χ4n) is 4.86. The van der Waals surface area contributed by atoms with Gasteiger partial charge in [0.15, 0.2) is 6.10 Å². The number of hydrogen-bond donors (Lipinski definition) is 2. The first-order valence-electron chi connectivity index (χ1n) is 12.7. The molecule has 202 valence electrons. The predicted octanol–water partition coefficient (Wildman–Crippen LogP) is 6.18. The Kier molecular flexibility index (Phi) is 7.85. The first kappa shape index (κ1) is 27.7. The van der Waals surface area contributed by atoms with Gasteiger partial charge >= 0.3 is 5.97 Å². The Morgan fingerprint density at radius 1 is 1.11 bits per heavy atom. The number of ether oxygens (including phenoxy) is 2. The summed E-state index contributed by atoms with van der Waals surface area (Å²) in [6, 6.07) is 16.6. The Morgan fingerprint density at radius 3 is 2.47 bits per heavy atom. The van der Waals surface area contributed by atoms with Gasteiger partial charge in [-0.1, -0.05) is 36.4 Å². The minimum atomic E-state index is -3.77. The second-order valence-electron chi connectivity index (χ2n) is 10.7. The zero-order valence-electron chi connectivity index (χ0n) is 22.5. The van der Waals surface area contributed by atoms with Crippen molar-refractivity contribution in [2.45, 2.75) is 64.9 Å². The summed E-state index contributed by atoms with van der Waals surface area (Å²) in [6.45, 7) is 9.67. The number of aliphatic carboxylic acids is 1. The summed E-state index contributed by atoms with van der Waals surface area (Å²) in [4.78, 5) is 12.6. The van der Waals surface area contributed by atoms with Crippen molar-refractivity contribution in [3.8, 4) is 16.9 Å². The van der Waals surface area contributed by atoms with E-state index in [1.165, 1.54) is 0 Å². The summed E-state index contributed by atoms with van der Waals surface area (Å²) in [5, 5.41) is 10.3. The maximum Gasteiger partial charge on any atom is 0.337 e. The Morgan fingerprint density at radius 2 is 1.82 bits per heavy atom. The van der Waals surface area contributed by atoms with Crippen LogP contribution >= 0.6 is 0 Å². The lowest BCUT2D eigenvalue weighted by atomic mass is 9.86. The normalized spacial score (nSPS) is 14.3. The van der Waals surface area contributed by atoms with Gasteiger partial charge in [-0.05, 0) is 99.0 Å². The molecule has 0 saturated heterocycles. The Hall–Kier alpha value is -3.36. The second kappa shape index (κ2) is 10.8. The lowest BCUT2D eigenvalue weighted by Crippen LogP contribution is -2.29. The highest BCUT2D eigenvalue weighted by molar-refractivity contribution is 7.91. The van der Waals surface area contributed by atoms with Gasteiger partial charge in [0.1, 0.15) is 5.75 Å². The number of aryl methyl sites for hydroxylation is 2. The molecule has 0 fully saturated rings. The van der Waals surface area contributed by atoms with Crippen LogP contribution in [0, 0.1) is 13.8 Å². The van der Waals surface area contributed by atoms with Crippen LogP contribution in [-0.4, -0.2) is 31.7 Å². The molecule has 8 heteroatoms. The summed E-state index contributed by atoms with van der Waals surface area (Å²) < 4.78 is 40.8. The summed E-state index contributed by atoms with van der Waals surface area (Å²) in [7, 11) is -3.77. The number of carbonyl (C=O) groups is 1. The van der Waals surface area contributed by atoms with Crippen LogP contribution in [0.25, 0.3) is 11.1 Å². The molecule has 0 spiro atoms. The minimum Gasteiger partial charge on any atom is -0.493 e. The van der Waals surface area contributed by atoms with E-state index in [1.54, 1.807) is 58.0 Å². The lowest BCUT2D eigenvalue weighted by Gasteiger charge is -2.30. The smallest absolute Gasteiger partial charge is 0.337 e. The number of carboxylic acid groups (broad SMARTS) is 1. The largest absolute Gasteiger partial charge is 0.493 e. The van der Waals surface area contributed by atoms with Crippen LogP contribution in [0.3, 0.4) is 0 Å². The molecule has 1 atom stereocenters. The lowest BCUT2D eigenvalue weighted by molar-refractivity contribution is -0.160. The number of sulfonamides is 1. The number of nitrogens with one attached hydrogen (secondary N) is 1. The third kappa shape index (κ3) is 6.37. The minimum absolute atomic E-state index is 0.199. The van der Waals surface area contributed by atoms with Gasteiger partial charge in [-0.2, -0.15) is 0 Å². The molecule has 2 N–H and O–H groups in total. The fraction of sp³-hybridized carbons (Fsp3) is 0.367. The molecule has 0 amide bonds. The Bertz CT molecular complexity index is 1440. The first-order valence-corrected chi connectivity index (χ1v) is 14.3. The quantitative estimate of drug-likeness (QED) is 0.356. The van der Waals surface area contributed by atoms with Gasteiger partial charge in [-0.3, -0.25) is 4.72 Å². The molecule has 1 aliphatic heterocycles. The highest BCUT2D eigenvalue weighted by atomic mass is 32.2. The van der Waals surface area contributed by atoms with Gasteiger partial charge in [0.25, 0.3) is 0 Å². The van der Waals surface area contributed by atoms with E-state index in [-0.39, 0.29) is 5.75 Å². The molecular formula is C30H35NO6S. The summed E-state index contributed by atoms with van der Waals surface area (Å²) >= 11 is 0. The molecule has 0 saturated carbocycles. The van der Waals surface area contributed by atoms with Crippen molar-refractivity contribution in [2.24, 2.45) is 0 Å². The number of anilines is 1. The van der Waals surface area contributed by atoms with Crippen LogP contribution in [0.1, 0.15) is 61.1 Å². The molecule has 38 heavy (non-hydrogen) atoms. The van der Waals surface area contributed by atoms with Crippen LogP contribution in [0.5, 0.6) is 5.75 Å². The molecule has 7 nitrogen and oxygen atoms in total. The highest BCUT2D eigenvalue weighted by Crippen LogP contribution is 2.42. The highest BCUT2D eigenvalue weighted by Gasteiger charge is 2.33. The average Bonchev–Trinajstić information content (AvgIpc) is 2.83. The maximum atomic E-state index is 13.1. The number of hydrogen-bond acceptors (Lipinski definition) is 5. The van der Waals surface area contributed by atoms with Crippen molar-refractivity contribution in [2.75, 3.05) is 11.3 Å². The van der Waals surface area contributed by atoms with Gasteiger partial charge in [-0.25, -0.2) is 13.2 Å². The molecule has 1 heterocycles. The zero-order valence-corrected chi connectivity index (χ0v) is 23.3. The second-order valence-corrected chi connectivity index (χ2v) is 12.4. The Labute approximate surface area is 224 Å². The fourth-order valence-corrected chi connectivity index (χ4v) is 6.11. The molecule has 0 aromatic heterocycles. The van der Waals surface area contributed by atoms with Crippen molar-refractivity contribution >= 4 is 21.7 Å². The van der Waals surface area contributed by atoms with Crippen molar-refractivity contribution < 1.29 is 27.8 Å². The van der Waals surface area contributed by atoms with Crippen molar-refractivity contribution in [3.63, 3.8) is 0 Å². The van der Waals surface area contributed by atoms with Crippen LogP contribution in [-0.2, 0) is 31.7 Å². The number of fused-ring (bicyclic) bond motifs is 1. The number of rotatable bonds is 8. The van der Waals surface area contributed by atoms with Crippen molar-refractivity contribution in [3.05, 3.63) is 82.4 Å². The molecule has 0 radical (unpaired) electrons. The van der Waals surface area contributed by atoms with E-state index in [2.05, 4.69) is 4.72 Å². The standard InChI is InChI=1S/C30H35NO6S/c1-19-16-24(31-38(34,35)18-21-10-7-6-8-11-21)20(2)27(28(29(32)33)37-30(3,4)5)26(19)23-13-14-25-22(17-23)12-9-15-36-25/h6-8,10-11,13-14,16-17,28,31H,9,12,15,18H2,1-5H3,(H,32,33). The van der Waals surface area contributed by atoms with Gasteiger partial charge in [0.2, 0.25) is 10.0 Å². The van der Waals surface area contributed by atoms with E-state index in [9.17, 15) is 18.3 Å². The van der Waals surface area contributed by atoms with Crippen LogP contribution in [0.4, 0.5) is 5.69 Å². The predicted molar refractivity (Wildman–Crippen MR) is 149 cm³/mol. The summed E-state index contributed by atoms with van der Waals surface area (Å²) in [5.41, 5.74) is 4.54. The van der Waals surface area contributed by atoms with E-state index in [1.807, 2.05) is 31.2 Å². The van der Waals surface area contributed by atoms with Gasteiger partial charge < -0.3 is 14.6 Å². The molecule has 0 aliphatic carbocycles.